The van der Waals surface area contributed by atoms with E-state index in [0.29, 0.717) is 5.75 Å². The molecule has 3 aromatic carbocycles. The first-order valence-electron chi connectivity index (χ1n) is 11.9. The Hall–Kier alpha value is -3.43. The van der Waals surface area contributed by atoms with E-state index < -0.39 is 22.5 Å². The Labute approximate surface area is 229 Å². The van der Waals surface area contributed by atoms with Crippen molar-refractivity contribution in [3.8, 4) is 17.2 Å². The maximum Gasteiger partial charge on any atom is 0.265 e. The van der Waals surface area contributed by atoms with Gasteiger partial charge in [-0.1, -0.05) is 23.7 Å². The standard InChI is InChI=1S/C28H33ClN2O6S/c1-17-12-19(3)23(13-18(17)2)20(4)30-28(32)16-31(24-14-21(29)8-10-25(24)35-5)38(33,34)22-9-11-26(36-6)27(15-22)37-7/h8-15,20H,16H2,1-7H3,(H,30,32)/t20-/m0/s1. The van der Waals surface area contributed by atoms with E-state index in [1.165, 1.54) is 45.6 Å². The van der Waals surface area contributed by atoms with Crippen molar-refractivity contribution in [1.29, 1.82) is 0 Å². The van der Waals surface area contributed by atoms with Gasteiger partial charge in [0.25, 0.3) is 10.0 Å². The Morgan fingerprint density at radius 2 is 1.47 bits per heavy atom. The molecular weight excluding hydrogens is 528 g/mol. The summed E-state index contributed by atoms with van der Waals surface area (Å²) in [4.78, 5) is 13.2. The molecule has 0 unspecified atom stereocenters. The Kier molecular flexibility index (Phi) is 9.17. The zero-order valence-electron chi connectivity index (χ0n) is 22.6. The minimum absolute atomic E-state index is 0.0944. The second-order valence-corrected chi connectivity index (χ2v) is 11.2. The predicted octanol–water partition coefficient (Wildman–Crippen LogP) is 5.36. The molecule has 10 heteroatoms. The number of methoxy groups -OCH3 is 3. The highest BCUT2D eigenvalue weighted by Crippen LogP contribution is 2.37. The smallest absolute Gasteiger partial charge is 0.265 e. The van der Waals surface area contributed by atoms with Gasteiger partial charge < -0.3 is 19.5 Å². The molecule has 0 aliphatic rings. The van der Waals surface area contributed by atoms with Crippen LogP contribution in [0, 0.1) is 20.8 Å². The Balaban J connectivity index is 2.04. The molecule has 0 fully saturated rings. The van der Waals surface area contributed by atoms with Crippen LogP contribution in [0.4, 0.5) is 5.69 Å². The van der Waals surface area contributed by atoms with Crippen LogP contribution in [0.1, 0.15) is 35.2 Å². The molecule has 204 valence electrons. The van der Waals surface area contributed by atoms with E-state index in [1.807, 2.05) is 33.8 Å². The van der Waals surface area contributed by atoms with Crippen LogP contribution in [0.15, 0.2) is 53.4 Å². The number of rotatable bonds is 10. The van der Waals surface area contributed by atoms with Crippen molar-refractivity contribution < 1.29 is 27.4 Å². The van der Waals surface area contributed by atoms with Crippen molar-refractivity contribution in [3.05, 3.63) is 75.8 Å². The van der Waals surface area contributed by atoms with E-state index >= 15 is 0 Å². The van der Waals surface area contributed by atoms with E-state index in [2.05, 4.69) is 11.4 Å². The van der Waals surface area contributed by atoms with Gasteiger partial charge in [-0.15, -0.1) is 0 Å². The monoisotopic (exact) mass is 560 g/mol. The summed E-state index contributed by atoms with van der Waals surface area (Å²) in [6.07, 6.45) is 0. The first-order chi connectivity index (χ1) is 17.9. The lowest BCUT2D eigenvalue weighted by molar-refractivity contribution is -0.120. The maximum atomic E-state index is 14.0. The average Bonchev–Trinajstić information content (AvgIpc) is 2.88. The zero-order valence-corrected chi connectivity index (χ0v) is 24.2. The third-order valence-electron chi connectivity index (χ3n) is 6.37. The molecule has 0 bridgehead atoms. The molecule has 0 saturated carbocycles. The van der Waals surface area contributed by atoms with E-state index in [0.717, 1.165) is 26.6 Å². The van der Waals surface area contributed by atoms with E-state index in [1.54, 1.807) is 12.1 Å². The molecule has 1 amide bonds. The van der Waals surface area contributed by atoms with Crippen LogP contribution in [0.25, 0.3) is 0 Å². The largest absolute Gasteiger partial charge is 0.495 e. The van der Waals surface area contributed by atoms with Crippen LogP contribution < -0.4 is 23.8 Å². The number of amides is 1. The number of aryl methyl sites for hydroxylation is 3. The Morgan fingerprint density at radius 3 is 2.11 bits per heavy atom. The van der Waals surface area contributed by atoms with Crippen molar-refractivity contribution in [2.75, 3.05) is 32.2 Å². The zero-order chi connectivity index (χ0) is 28.2. The van der Waals surface area contributed by atoms with Gasteiger partial charge in [0.1, 0.15) is 12.3 Å². The molecule has 1 N–H and O–H groups in total. The quantitative estimate of drug-likeness (QED) is 0.358. The lowest BCUT2D eigenvalue weighted by atomic mass is 9.96. The van der Waals surface area contributed by atoms with Crippen molar-refractivity contribution in [3.63, 3.8) is 0 Å². The minimum atomic E-state index is -4.28. The van der Waals surface area contributed by atoms with Gasteiger partial charge in [0.05, 0.1) is 38.0 Å². The van der Waals surface area contributed by atoms with E-state index in [-0.39, 0.29) is 33.1 Å². The molecule has 8 nitrogen and oxygen atoms in total. The molecule has 1 atom stereocenters. The SMILES string of the molecule is COc1ccc(S(=O)(=O)N(CC(=O)N[C@@H](C)c2cc(C)c(C)cc2C)c2cc(Cl)ccc2OC)cc1OC. The number of halogens is 1. The van der Waals surface area contributed by atoms with Crippen LogP contribution in [-0.2, 0) is 14.8 Å². The average molecular weight is 561 g/mol. The highest BCUT2D eigenvalue weighted by Gasteiger charge is 2.31. The van der Waals surface area contributed by atoms with Crippen LogP contribution >= 0.6 is 11.6 Å². The molecule has 0 saturated heterocycles. The number of carbonyl (C=O) groups excluding carboxylic acids is 1. The number of sulfonamides is 1. The highest BCUT2D eigenvalue weighted by molar-refractivity contribution is 7.92. The van der Waals surface area contributed by atoms with Gasteiger partial charge in [-0.25, -0.2) is 8.42 Å². The summed E-state index contributed by atoms with van der Waals surface area (Å²) in [5.74, 6) is 0.342. The lowest BCUT2D eigenvalue weighted by Crippen LogP contribution is -2.41. The first-order valence-corrected chi connectivity index (χ1v) is 13.7. The van der Waals surface area contributed by atoms with E-state index in [9.17, 15) is 13.2 Å². The summed E-state index contributed by atoms with van der Waals surface area (Å²) in [6.45, 7) is 7.37. The highest BCUT2D eigenvalue weighted by atomic mass is 35.5. The molecule has 3 aromatic rings. The van der Waals surface area contributed by atoms with Gasteiger partial charge in [-0.3, -0.25) is 9.10 Å². The number of nitrogens with zero attached hydrogens (tertiary/aromatic N) is 1. The number of nitrogens with one attached hydrogen (secondary N) is 1. The van der Waals surface area contributed by atoms with Crippen LogP contribution in [0.3, 0.4) is 0 Å². The molecular formula is C28H33ClN2O6S. The molecule has 38 heavy (non-hydrogen) atoms. The summed E-state index contributed by atoms with van der Waals surface area (Å²) < 4.78 is 44.9. The number of benzene rings is 3. The lowest BCUT2D eigenvalue weighted by Gasteiger charge is -2.27. The maximum absolute atomic E-state index is 14.0. The minimum Gasteiger partial charge on any atom is -0.495 e. The second kappa shape index (κ2) is 12.0. The molecule has 3 rings (SSSR count). The topological polar surface area (TPSA) is 94.2 Å². The fourth-order valence-corrected chi connectivity index (χ4v) is 5.81. The van der Waals surface area contributed by atoms with Gasteiger partial charge in [0.2, 0.25) is 5.91 Å². The molecule has 0 radical (unpaired) electrons. The summed E-state index contributed by atoms with van der Waals surface area (Å²) in [6, 6.07) is 12.5. The molecule has 0 heterocycles. The number of ether oxygens (including phenoxy) is 3. The van der Waals surface area contributed by atoms with Crippen molar-refractivity contribution in [2.45, 2.75) is 38.6 Å². The third-order valence-corrected chi connectivity index (χ3v) is 8.36. The van der Waals surface area contributed by atoms with Gasteiger partial charge in [-0.05, 0) is 80.3 Å². The fraction of sp³-hybridized carbons (Fsp3) is 0.321. The number of hydrogen-bond acceptors (Lipinski definition) is 6. The molecule has 0 aliphatic heterocycles. The summed E-state index contributed by atoms with van der Waals surface area (Å²) in [7, 11) is 0.00513. The Bertz CT molecular complexity index is 1440. The van der Waals surface area contributed by atoms with Crippen LogP contribution in [0.2, 0.25) is 5.02 Å². The number of carbonyl (C=O) groups is 1. The van der Waals surface area contributed by atoms with Gasteiger partial charge in [0, 0.05) is 11.1 Å². The summed E-state index contributed by atoms with van der Waals surface area (Å²) in [5.41, 5.74) is 4.38. The van der Waals surface area contributed by atoms with E-state index in [4.69, 9.17) is 25.8 Å². The first kappa shape index (κ1) is 29.1. The van der Waals surface area contributed by atoms with Gasteiger partial charge in [0.15, 0.2) is 11.5 Å². The van der Waals surface area contributed by atoms with Gasteiger partial charge in [-0.2, -0.15) is 0 Å². The van der Waals surface area contributed by atoms with Gasteiger partial charge >= 0.3 is 0 Å². The molecule has 0 aliphatic carbocycles. The summed E-state index contributed by atoms with van der Waals surface area (Å²) >= 11 is 6.23. The predicted molar refractivity (Wildman–Crippen MR) is 149 cm³/mol. The fourth-order valence-electron chi connectivity index (χ4n) is 4.21. The molecule has 0 aromatic heterocycles. The normalized spacial score (nSPS) is 12.0. The van der Waals surface area contributed by atoms with Crippen LogP contribution in [0.5, 0.6) is 17.2 Å². The number of hydrogen-bond donors (Lipinski definition) is 1. The van der Waals surface area contributed by atoms with Crippen molar-refractivity contribution in [1.82, 2.24) is 5.32 Å². The van der Waals surface area contributed by atoms with Crippen molar-refractivity contribution >= 4 is 33.2 Å². The third kappa shape index (κ3) is 6.16. The van der Waals surface area contributed by atoms with Crippen molar-refractivity contribution in [2.24, 2.45) is 0 Å². The van der Waals surface area contributed by atoms with Crippen LogP contribution in [-0.4, -0.2) is 42.2 Å². The molecule has 0 spiro atoms. The second-order valence-electron chi connectivity index (χ2n) is 8.93. The summed E-state index contributed by atoms with van der Waals surface area (Å²) in [5, 5.41) is 3.22. The number of anilines is 1. The Morgan fingerprint density at radius 1 is 0.868 bits per heavy atom.